The third-order valence-electron chi connectivity index (χ3n) is 2.68. The first-order chi connectivity index (χ1) is 7.97. The van der Waals surface area contributed by atoms with E-state index in [2.05, 4.69) is 15.9 Å². The van der Waals surface area contributed by atoms with Crippen molar-refractivity contribution in [3.8, 4) is 0 Å². The minimum Gasteiger partial charge on any atom is -0.328 e. The third-order valence-corrected chi connectivity index (χ3v) is 3.24. The lowest BCUT2D eigenvalue weighted by Crippen LogP contribution is -2.37. The van der Waals surface area contributed by atoms with Gasteiger partial charge >= 0.3 is 0 Å². The van der Waals surface area contributed by atoms with E-state index in [0.717, 1.165) is 0 Å². The summed E-state index contributed by atoms with van der Waals surface area (Å²) >= 11 is 3.17. The zero-order valence-electron chi connectivity index (χ0n) is 8.95. The van der Waals surface area contributed by atoms with Gasteiger partial charge in [-0.15, -0.1) is 0 Å². The van der Waals surface area contributed by atoms with Crippen LogP contribution in [0.1, 0.15) is 12.8 Å². The highest BCUT2D eigenvalue weighted by molar-refractivity contribution is 9.09. The predicted octanol–water partition coefficient (Wildman–Crippen LogP) is 0.294. The number of hydrogen-bond acceptors (Lipinski definition) is 5. The van der Waals surface area contributed by atoms with Crippen molar-refractivity contribution in [3.05, 3.63) is 20.2 Å². The topological polar surface area (TPSA) is 107 Å². The number of hydrogen-bond donors (Lipinski definition) is 0. The summed E-state index contributed by atoms with van der Waals surface area (Å²) < 4.78 is 0. The Morgan fingerprint density at radius 3 is 2.06 bits per heavy atom. The molecule has 0 aliphatic carbocycles. The van der Waals surface area contributed by atoms with Gasteiger partial charge in [-0.05, 0) is 6.42 Å². The lowest BCUT2D eigenvalue weighted by Gasteiger charge is -2.12. The van der Waals surface area contributed by atoms with E-state index < -0.39 is 21.9 Å². The van der Waals surface area contributed by atoms with Gasteiger partial charge in [0.25, 0.3) is 12.1 Å². The fourth-order valence-electron chi connectivity index (χ4n) is 1.76. The van der Waals surface area contributed by atoms with Crippen molar-refractivity contribution in [1.82, 2.24) is 4.90 Å². The van der Waals surface area contributed by atoms with Crippen LogP contribution in [0.5, 0.6) is 0 Å². The Hall–Kier alpha value is -1.25. The molecule has 0 saturated carbocycles. The molecule has 0 aromatic rings. The van der Waals surface area contributed by atoms with Crippen LogP contribution in [-0.4, -0.2) is 51.2 Å². The molecule has 8 nitrogen and oxygen atoms in total. The molecule has 1 heterocycles. The monoisotopic (exact) mass is 309 g/mol. The normalized spacial score (nSPS) is 23.7. The van der Waals surface area contributed by atoms with Gasteiger partial charge in [-0.25, -0.2) is 0 Å². The van der Waals surface area contributed by atoms with Crippen molar-refractivity contribution in [3.63, 3.8) is 0 Å². The molecule has 2 atom stereocenters. The predicted molar refractivity (Wildman–Crippen MR) is 61.2 cm³/mol. The molecule has 1 aliphatic heterocycles. The summed E-state index contributed by atoms with van der Waals surface area (Å²) in [5.74, 6) is -0.263. The Morgan fingerprint density at radius 1 is 1.24 bits per heavy atom. The van der Waals surface area contributed by atoms with Gasteiger partial charge in [-0.2, -0.15) is 0 Å². The molecule has 1 saturated heterocycles. The quantitative estimate of drug-likeness (QED) is 0.412. The average Bonchev–Trinajstić information content (AvgIpc) is 2.70. The maximum absolute atomic E-state index is 11.6. The van der Waals surface area contributed by atoms with E-state index in [1.165, 1.54) is 4.90 Å². The van der Waals surface area contributed by atoms with Gasteiger partial charge in [0.15, 0.2) is 0 Å². The first-order valence-corrected chi connectivity index (χ1v) is 6.20. The maximum atomic E-state index is 11.6. The van der Waals surface area contributed by atoms with Gasteiger partial charge < -0.3 is 4.90 Å². The molecule has 0 spiro atoms. The Kier molecular flexibility index (Phi) is 4.79. The molecule has 9 heteroatoms. The first-order valence-electron chi connectivity index (χ1n) is 5.08. The maximum Gasteiger partial charge on any atom is 0.297 e. The Bertz CT molecular complexity index is 315. The van der Waals surface area contributed by atoms with Gasteiger partial charge in [-0.1, -0.05) is 15.9 Å². The van der Waals surface area contributed by atoms with Gasteiger partial charge in [0.05, 0.1) is 13.1 Å². The second-order valence-electron chi connectivity index (χ2n) is 3.80. The minimum absolute atomic E-state index is 0.167. The molecule has 0 aromatic heterocycles. The van der Waals surface area contributed by atoms with Crippen LogP contribution in [0.2, 0.25) is 0 Å². The van der Waals surface area contributed by atoms with E-state index in [0.29, 0.717) is 11.8 Å². The van der Waals surface area contributed by atoms with Crippen LogP contribution in [0.15, 0.2) is 0 Å². The average molecular weight is 310 g/mol. The van der Waals surface area contributed by atoms with Crippen LogP contribution in [-0.2, 0) is 4.79 Å². The number of halogens is 1. The Balaban J connectivity index is 2.65. The van der Waals surface area contributed by atoms with E-state index in [1.807, 2.05) is 0 Å². The molecule has 0 aromatic carbocycles. The molecule has 1 aliphatic rings. The first kappa shape index (κ1) is 13.8. The van der Waals surface area contributed by atoms with Crippen molar-refractivity contribution < 1.29 is 14.6 Å². The van der Waals surface area contributed by atoms with Gasteiger partial charge in [0.2, 0.25) is 5.91 Å². The molecule has 0 radical (unpaired) electrons. The molecular formula is C8H12BrN3O5. The Labute approximate surface area is 105 Å². The van der Waals surface area contributed by atoms with Gasteiger partial charge in [-0.3, -0.25) is 25.0 Å². The molecule has 1 fully saturated rings. The van der Waals surface area contributed by atoms with Crippen LogP contribution < -0.4 is 0 Å². The van der Waals surface area contributed by atoms with Crippen molar-refractivity contribution >= 4 is 21.8 Å². The number of likely N-dealkylation sites (tertiary alicyclic amines) is 1. The highest BCUT2D eigenvalue weighted by Crippen LogP contribution is 2.17. The second kappa shape index (κ2) is 5.89. The largest absolute Gasteiger partial charge is 0.328 e. The van der Waals surface area contributed by atoms with Gasteiger partial charge in [0, 0.05) is 21.6 Å². The number of amides is 1. The van der Waals surface area contributed by atoms with Crippen LogP contribution >= 0.6 is 15.9 Å². The van der Waals surface area contributed by atoms with Crippen LogP contribution in [0.25, 0.3) is 0 Å². The lowest BCUT2D eigenvalue weighted by molar-refractivity contribution is -0.606. The molecule has 2 unspecified atom stereocenters. The molecule has 0 bridgehead atoms. The van der Waals surface area contributed by atoms with Crippen molar-refractivity contribution in [2.45, 2.75) is 24.9 Å². The molecule has 0 N–H and O–H groups in total. The summed E-state index contributed by atoms with van der Waals surface area (Å²) in [5, 5.41) is 22.0. The fraction of sp³-hybridized carbons (Fsp3) is 0.875. The molecule has 1 rings (SSSR count). The number of carbonyl (C=O) groups is 1. The summed E-state index contributed by atoms with van der Waals surface area (Å²) in [6.45, 7) is -0.334. The number of nitrogens with zero attached hydrogens (tertiary/aromatic N) is 3. The lowest BCUT2D eigenvalue weighted by atomic mass is 10.2. The fourth-order valence-corrected chi connectivity index (χ4v) is 2.04. The highest BCUT2D eigenvalue weighted by Gasteiger charge is 2.50. The summed E-state index contributed by atoms with van der Waals surface area (Å²) in [6.07, 6.45) is 0.863. The zero-order chi connectivity index (χ0) is 13.0. The summed E-state index contributed by atoms with van der Waals surface area (Å²) in [4.78, 5) is 32.8. The third kappa shape index (κ3) is 3.35. The van der Waals surface area contributed by atoms with E-state index in [-0.39, 0.29) is 25.4 Å². The van der Waals surface area contributed by atoms with Gasteiger partial charge in [0.1, 0.15) is 0 Å². The minimum atomic E-state index is -1.29. The highest BCUT2D eigenvalue weighted by atomic mass is 79.9. The summed E-state index contributed by atoms with van der Waals surface area (Å²) in [6, 6.07) is -2.59. The SMILES string of the molecule is O=C(CCCBr)N1CC([N+](=O)[O-])C([N+](=O)[O-])C1. The summed E-state index contributed by atoms with van der Waals surface area (Å²) in [7, 11) is 0. The second-order valence-corrected chi connectivity index (χ2v) is 4.59. The number of rotatable bonds is 5. The van der Waals surface area contributed by atoms with Crippen LogP contribution in [0.4, 0.5) is 0 Å². The van der Waals surface area contributed by atoms with E-state index in [1.54, 1.807) is 0 Å². The van der Waals surface area contributed by atoms with Crippen LogP contribution in [0, 0.1) is 20.2 Å². The number of carbonyl (C=O) groups excluding carboxylic acids is 1. The van der Waals surface area contributed by atoms with E-state index >= 15 is 0 Å². The molecule has 96 valence electrons. The number of alkyl halides is 1. The molecular weight excluding hydrogens is 298 g/mol. The van der Waals surface area contributed by atoms with E-state index in [4.69, 9.17) is 0 Å². The number of nitro groups is 2. The van der Waals surface area contributed by atoms with Crippen molar-refractivity contribution in [1.29, 1.82) is 0 Å². The van der Waals surface area contributed by atoms with Crippen molar-refractivity contribution in [2.24, 2.45) is 0 Å². The molecule has 17 heavy (non-hydrogen) atoms. The summed E-state index contributed by atoms with van der Waals surface area (Å²) in [5.41, 5.74) is 0. The zero-order valence-corrected chi connectivity index (χ0v) is 10.5. The molecule has 1 amide bonds. The smallest absolute Gasteiger partial charge is 0.297 e. The Morgan fingerprint density at radius 2 is 1.71 bits per heavy atom. The van der Waals surface area contributed by atoms with Crippen molar-refractivity contribution in [2.75, 3.05) is 18.4 Å². The van der Waals surface area contributed by atoms with Crippen LogP contribution in [0.3, 0.4) is 0 Å². The van der Waals surface area contributed by atoms with E-state index in [9.17, 15) is 25.0 Å². The standard InChI is InChI=1S/C8H12BrN3O5/c9-3-1-2-8(13)10-4-6(11(14)15)7(5-10)12(16)17/h6-7H,1-5H2.